The van der Waals surface area contributed by atoms with Gasteiger partial charge in [-0.3, -0.25) is 14.5 Å². The van der Waals surface area contributed by atoms with Crippen molar-refractivity contribution in [1.82, 2.24) is 10.3 Å². The van der Waals surface area contributed by atoms with Gasteiger partial charge in [-0.1, -0.05) is 0 Å². The van der Waals surface area contributed by atoms with E-state index in [2.05, 4.69) is 20.4 Å². The predicted molar refractivity (Wildman–Crippen MR) is 131 cm³/mol. The summed E-state index contributed by atoms with van der Waals surface area (Å²) < 4.78 is 106. The van der Waals surface area contributed by atoms with E-state index in [0.717, 1.165) is 55.8 Å². The van der Waals surface area contributed by atoms with E-state index in [0.29, 0.717) is 4.90 Å². The van der Waals surface area contributed by atoms with Crippen molar-refractivity contribution in [2.24, 2.45) is 0 Å². The summed E-state index contributed by atoms with van der Waals surface area (Å²) in [7, 11) is 2.39. The van der Waals surface area contributed by atoms with Crippen molar-refractivity contribution in [3.63, 3.8) is 0 Å². The van der Waals surface area contributed by atoms with Crippen LogP contribution in [0.4, 0.5) is 42.2 Å². The van der Waals surface area contributed by atoms with E-state index in [4.69, 9.17) is 4.74 Å². The lowest BCUT2D eigenvalue weighted by molar-refractivity contribution is -0.136. The van der Waals surface area contributed by atoms with Gasteiger partial charge in [0.05, 0.1) is 12.8 Å². The average Bonchev–Trinajstić information content (AvgIpc) is 3.22. The second kappa shape index (κ2) is 11.5. The highest BCUT2D eigenvalue weighted by atomic mass is 19.4. The Balaban J connectivity index is 1.77. The molecule has 4 rings (SSSR count). The summed E-state index contributed by atoms with van der Waals surface area (Å²) in [5.74, 6) is -7.24. The molecule has 0 spiro atoms. The number of nitrogens with one attached hydrogen (secondary N) is 2. The molecule has 1 aromatic heterocycles. The van der Waals surface area contributed by atoms with Crippen molar-refractivity contribution in [3.05, 3.63) is 77.0 Å². The summed E-state index contributed by atoms with van der Waals surface area (Å²) in [6, 6.07) is 5.22. The Morgan fingerprint density at radius 3 is 2.24 bits per heavy atom. The van der Waals surface area contributed by atoms with Crippen molar-refractivity contribution in [2.45, 2.75) is 24.7 Å². The third kappa shape index (κ3) is 5.98. The van der Waals surface area contributed by atoms with Gasteiger partial charge in [-0.2, -0.15) is 22.0 Å². The Labute approximate surface area is 228 Å². The first-order valence-electron chi connectivity index (χ1n) is 11.8. The Morgan fingerprint density at radius 1 is 1.07 bits per heavy atom. The Bertz CT molecular complexity index is 1430. The largest absolute Gasteiger partial charge is 0.497 e. The highest BCUT2D eigenvalue weighted by Gasteiger charge is 2.49. The van der Waals surface area contributed by atoms with Gasteiger partial charge in [0.15, 0.2) is 0 Å². The molecule has 2 atom stereocenters. The van der Waals surface area contributed by atoms with Crippen molar-refractivity contribution in [2.75, 3.05) is 30.9 Å². The molecule has 1 unspecified atom stereocenters. The number of methoxy groups -OCH3 is 1. The lowest BCUT2D eigenvalue weighted by Crippen LogP contribution is -2.44. The monoisotopic (exact) mass is 586 g/mol. The lowest BCUT2D eigenvalue weighted by Gasteiger charge is -2.22. The maximum absolute atomic E-state index is 15.1. The number of nitrogens with zero attached hydrogens (tertiary/aromatic N) is 2. The maximum atomic E-state index is 15.1. The van der Waals surface area contributed by atoms with Gasteiger partial charge in [0.1, 0.15) is 40.6 Å². The van der Waals surface area contributed by atoms with E-state index >= 15 is 8.78 Å². The molecule has 15 heteroatoms. The fourth-order valence-corrected chi connectivity index (χ4v) is 4.53. The second-order valence-electron chi connectivity index (χ2n) is 8.72. The van der Waals surface area contributed by atoms with Gasteiger partial charge in [0.25, 0.3) is 11.8 Å². The van der Waals surface area contributed by atoms with E-state index < -0.39 is 77.4 Å². The average molecular weight is 586 g/mol. The predicted octanol–water partition coefficient (Wildman–Crippen LogP) is 4.96. The van der Waals surface area contributed by atoms with Crippen LogP contribution in [-0.2, 0) is 11.0 Å². The molecule has 41 heavy (non-hydrogen) atoms. The molecule has 0 bridgehead atoms. The Hall–Kier alpha value is -4.56. The molecule has 218 valence electrons. The van der Waals surface area contributed by atoms with Gasteiger partial charge in [-0.25, -0.2) is 13.8 Å². The van der Waals surface area contributed by atoms with E-state index in [1.165, 1.54) is 7.05 Å². The van der Waals surface area contributed by atoms with Crippen LogP contribution in [-0.4, -0.2) is 50.2 Å². The molecule has 0 radical (unpaired) electrons. The number of rotatable bonds is 8. The first kappa shape index (κ1) is 29.4. The molecule has 3 aromatic rings. The smallest absolute Gasteiger partial charge is 0.421 e. The molecular formula is C26H21F7N4O4. The minimum Gasteiger partial charge on any atom is -0.497 e. The molecule has 2 aromatic carbocycles. The van der Waals surface area contributed by atoms with Crippen LogP contribution in [0.3, 0.4) is 0 Å². The molecule has 1 aliphatic heterocycles. The van der Waals surface area contributed by atoms with Gasteiger partial charge in [0, 0.05) is 49.0 Å². The number of hydrogen-bond donors (Lipinski definition) is 2. The molecule has 2 heterocycles. The van der Waals surface area contributed by atoms with Crippen LogP contribution in [0, 0.1) is 11.6 Å². The zero-order chi connectivity index (χ0) is 30.1. The molecule has 1 aliphatic rings. The number of hydrogen-bond acceptors (Lipinski definition) is 6. The van der Waals surface area contributed by atoms with Crippen LogP contribution in [0.5, 0.6) is 11.5 Å². The minimum atomic E-state index is -4.99. The summed E-state index contributed by atoms with van der Waals surface area (Å²) in [6.07, 6.45) is -3.97. The lowest BCUT2D eigenvalue weighted by atomic mass is 9.92. The van der Waals surface area contributed by atoms with E-state index in [9.17, 15) is 31.5 Å². The van der Waals surface area contributed by atoms with E-state index in [1.54, 1.807) is 0 Å². The number of benzene rings is 2. The number of aromatic nitrogens is 1. The van der Waals surface area contributed by atoms with Crippen LogP contribution in [0.2, 0.25) is 0 Å². The molecule has 1 saturated heterocycles. The molecule has 2 amide bonds. The number of ether oxygens (including phenoxy) is 2. The summed E-state index contributed by atoms with van der Waals surface area (Å²) >= 11 is 0. The molecule has 1 fully saturated rings. The molecule has 0 aliphatic carbocycles. The van der Waals surface area contributed by atoms with Gasteiger partial charge in [-0.15, -0.1) is 0 Å². The summed E-state index contributed by atoms with van der Waals surface area (Å²) in [4.78, 5) is 30.9. The van der Waals surface area contributed by atoms with E-state index in [-0.39, 0.29) is 17.1 Å². The number of halogens is 7. The van der Waals surface area contributed by atoms with Gasteiger partial charge in [0.2, 0.25) is 0 Å². The maximum Gasteiger partial charge on any atom is 0.421 e. The number of anilines is 2. The fraction of sp³-hybridized carbons (Fsp3) is 0.269. The zero-order valence-corrected chi connectivity index (χ0v) is 21.2. The van der Waals surface area contributed by atoms with Crippen LogP contribution < -0.4 is 25.0 Å². The normalized spacial score (nSPS) is 17.1. The number of pyridine rings is 1. The van der Waals surface area contributed by atoms with Crippen LogP contribution in [0.15, 0.2) is 48.7 Å². The molecule has 2 N–H and O–H groups in total. The van der Waals surface area contributed by atoms with Crippen molar-refractivity contribution >= 4 is 23.3 Å². The van der Waals surface area contributed by atoms with Gasteiger partial charge >= 0.3 is 12.8 Å². The zero-order valence-electron chi connectivity index (χ0n) is 21.2. The molecule has 0 saturated carbocycles. The molecular weight excluding hydrogens is 565 g/mol. The minimum absolute atomic E-state index is 0.154. The van der Waals surface area contributed by atoms with Crippen LogP contribution in [0.25, 0.3) is 0 Å². The van der Waals surface area contributed by atoms with Crippen molar-refractivity contribution < 1.29 is 49.8 Å². The van der Waals surface area contributed by atoms with Gasteiger partial charge in [-0.05, 0) is 30.3 Å². The topological polar surface area (TPSA) is 92.8 Å². The quantitative estimate of drug-likeness (QED) is 0.363. The Morgan fingerprint density at radius 2 is 1.71 bits per heavy atom. The van der Waals surface area contributed by atoms with Crippen molar-refractivity contribution in [1.29, 1.82) is 0 Å². The van der Waals surface area contributed by atoms with E-state index in [1.807, 2.05) is 0 Å². The summed E-state index contributed by atoms with van der Waals surface area (Å²) in [5, 5.41) is 4.69. The standard InChI is InChI=1S/C26H21F7N4O4/c1-34-18-7-8-35-22(20(18)26(31,32)33)37-11-15(19-16(27)9-14(40-2)10-17(19)28)21(24(37)39)36-23(38)12-3-5-13(6-4-12)41-25(29)30/h3-10,15,21,25H,11H2,1-2H3,(H,34,35)(H,36,38)/t15-,21?/m0/s1. The Kier molecular flexibility index (Phi) is 8.26. The highest BCUT2D eigenvalue weighted by molar-refractivity contribution is 6.05. The third-order valence-corrected chi connectivity index (χ3v) is 6.34. The highest BCUT2D eigenvalue weighted by Crippen LogP contribution is 2.43. The first-order valence-corrected chi connectivity index (χ1v) is 11.8. The number of carbonyl (C=O) groups excluding carboxylic acids is 2. The SMILES string of the molecule is CNc1ccnc(N2C[C@@H](c3c(F)cc(OC)cc3F)C(NC(=O)c3ccc(OC(F)F)cc3)C2=O)c1C(F)(F)F. The molecule has 8 nitrogen and oxygen atoms in total. The number of alkyl halides is 5. The van der Waals surface area contributed by atoms with Crippen molar-refractivity contribution in [3.8, 4) is 11.5 Å². The fourth-order valence-electron chi connectivity index (χ4n) is 4.53. The van der Waals surface area contributed by atoms with Crippen LogP contribution in [0.1, 0.15) is 27.4 Å². The number of carbonyl (C=O) groups is 2. The summed E-state index contributed by atoms with van der Waals surface area (Å²) in [6.45, 7) is -3.81. The second-order valence-corrected chi connectivity index (χ2v) is 8.72. The third-order valence-electron chi connectivity index (χ3n) is 6.34. The first-order chi connectivity index (χ1) is 19.3. The summed E-state index contributed by atoms with van der Waals surface area (Å²) in [5.41, 5.74) is -2.54. The van der Waals surface area contributed by atoms with Crippen LogP contribution >= 0.6 is 0 Å². The number of amides is 2. The van der Waals surface area contributed by atoms with Gasteiger partial charge < -0.3 is 20.1 Å².